The average molecular weight is 199 g/mol. The average Bonchev–Trinajstić information content (AvgIpc) is 2.28. The molecule has 0 fully saturated rings. The van der Waals surface area contributed by atoms with Crippen LogP contribution in [0.3, 0.4) is 0 Å². The molecule has 0 aromatic carbocycles. The van der Waals surface area contributed by atoms with Crippen molar-refractivity contribution in [2.45, 2.75) is 32.2 Å². The van der Waals surface area contributed by atoms with Crippen LogP contribution in [0, 0.1) is 0 Å². The van der Waals surface area contributed by atoms with Gasteiger partial charge in [0.1, 0.15) is 5.15 Å². The number of halogens is 1. The molecule has 0 amide bonds. The van der Waals surface area contributed by atoms with Crippen LogP contribution in [0.1, 0.15) is 25.0 Å². The number of fused-ring (bicyclic) bond motifs is 1. The number of rotatable bonds is 0. The van der Waals surface area contributed by atoms with E-state index in [0.717, 1.165) is 31.5 Å². The summed E-state index contributed by atoms with van der Waals surface area (Å²) in [5.74, 6) is 0. The van der Waals surface area contributed by atoms with Gasteiger partial charge in [-0.1, -0.05) is 18.0 Å². The maximum absolute atomic E-state index is 11.4. The van der Waals surface area contributed by atoms with Crippen LogP contribution in [0.5, 0.6) is 0 Å². The van der Waals surface area contributed by atoms with Gasteiger partial charge in [0.25, 0.3) is 0 Å². The highest BCUT2D eigenvalue weighted by Gasteiger charge is 2.09. The Balaban J connectivity index is 2.53. The molecule has 0 atom stereocenters. The van der Waals surface area contributed by atoms with Crippen LogP contribution in [0.2, 0.25) is 5.15 Å². The summed E-state index contributed by atoms with van der Waals surface area (Å²) in [4.78, 5) is 15.1. The van der Waals surface area contributed by atoms with Gasteiger partial charge in [0, 0.05) is 12.2 Å². The molecule has 1 aliphatic rings. The molecule has 0 spiro atoms. The monoisotopic (exact) mass is 198 g/mol. The Morgan fingerprint density at radius 1 is 1.38 bits per heavy atom. The van der Waals surface area contributed by atoms with Crippen LogP contribution in [-0.4, -0.2) is 9.55 Å². The molecule has 2 heterocycles. The van der Waals surface area contributed by atoms with Crippen molar-refractivity contribution in [3.05, 3.63) is 27.4 Å². The van der Waals surface area contributed by atoms with Gasteiger partial charge in [0.05, 0.1) is 0 Å². The van der Waals surface area contributed by atoms with Crippen molar-refractivity contribution in [3.63, 3.8) is 0 Å². The van der Waals surface area contributed by atoms with E-state index in [1.54, 1.807) is 10.6 Å². The van der Waals surface area contributed by atoms with Crippen molar-refractivity contribution in [2.75, 3.05) is 0 Å². The van der Waals surface area contributed by atoms with Gasteiger partial charge >= 0.3 is 5.69 Å². The Morgan fingerprint density at radius 3 is 3.08 bits per heavy atom. The lowest BCUT2D eigenvalue weighted by atomic mass is 10.2. The lowest BCUT2D eigenvalue weighted by molar-refractivity contribution is 0.604. The van der Waals surface area contributed by atoms with Crippen molar-refractivity contribution in [1.29, 1.82) is 0 Å². The smallest absolute Gasteiger partial charge is 0.296 e. The molecule has 3 nitrogen and oxygen atoms in total. The van der Waals surface area contributed by atoms with Gasteiger partial charge in [-0.15, -0.1) is 0 Å². The van der Waals surface area contributed by atoms with Crippen LogP contribution in [0.4, 0.5) is 0 Å². The van der Waals surface area contributed by atoms with E-state index in [4.69, 9.17) is 11.6 Å². The van der Waals surface area contributed by atoms with Crippen molar-refractivity contribution < 1.29 is 0 Å². The van der Waals surface area contributed by atoms with E-state index in [9.17, 15) is 4.79 Å². The molecule has 0 saturated heterocycles. The fourth-order valence-corrected chi connectivity index (χ4v) is 1.92. The molecule has 0 bridgehead atoms. The Kier molecular flexibility index (Phi) is 2.36. The molecule has 0 aliphatic carbocycles. The fraction of sp³-hybridized carbons (Fsp3) is 0.556. The van der Waals surface area contributed by atoms with E-state index in [0.29, 0.717) is 5.15 Å². The van der Waals surface area contributed by atoms with Gasteiger partial charge in [0.2, 0.25) is 0 Å². The summed E-state index contributed by atoms with van der Waals surface area (Å²) in [6, 6.07) is 1.80. The molecular weight excluding hydrogens is 188 g/mol. The van der Waals surface area contributed by atoms with E-state index >= 15 is 0 Å². The highest BCUT2D eigenvalue weighted by atomic mass is 35.5. The van der Waals surface area contributed by atoms with E-state index < -0.39 is 0 Å². The summed E-state index contributed by atoms with van der Waals surface area (Å²) < 4.78 is 1.74. The quantitative estimate of drug-likeness (QED) is 0.594. The molecule has 1 aliphatic heterocycles. The molecular formula is C9H11ClN2O. The van der Waals surface area contributed by atoms with Crippen LogP contribution in [0.25, 0.3) is 0 Å². The molecule has 2 rings (SSSR count). The van der Waals surface area contributed by atoms with Crippen LogP contribution < -0.4 is 5.69 Å². The molecule has 1 aromatic heterocycles. The Hall–Kier alpha value is -0.830. The highest BCUT2D eigenvalue weighted by molar-refractivity contribution is 6.29. The Morgan fingerprint density at radius 2 is 2.23 bits per heavy atom. The van der Waals surface area contributed by atoms with E-state index in [1.807, 2.05) is 0 Å². The summed E-state index contributed by atoms with van der Waals surface area (Å²) in [6.45, 7) is 0.790. The first kappa shape index (κ1) is 8.75. The third kappa shape index (κ3) is 1.75. The van der Waals surface area contributed by atoms with Crippen molar-refractivity contribution in [3.8, 4) is 0 Å². The molecule has 0 radical (unpaired) electrons. The number of aryl methyl sites for hydroxylation is 1. The molecule has 4 heteroatoms. The first-order valence-electron chi connectivity index (χ1n) is 4.53. The number of hydrogen-bond donors (Lipinski definition) is 0. The minimum atomic E-state index is -0.204. The predicted octanol–water partition coefficient (Wildman–Crippen LogP) is 1.62. The second-order valence-electron chi connectivity index (χ2n) is 3.32. The molecule has 1 aromatic rings. The maximum Gasteiger partial charge on any atom is 0.349 e. The minimum absolute atomic E-state index is 0.204. The van der Waals surface area contributed by atoms with Gasteiger partial charge in [-0.25, -0.2) is 4.79 Å². The summed E-state index contributed by atoms with van der Waals surface area (Å²) in [7, 11) is 0. The second-order valence-corrected chi connectivity index (χ2v) is 3.70. The number of nitrogens with zero attached hydrogens (tertiary/aromatic N) is 2. The van der Waals surface area contributed by atoms with Crippen molar-refractivity contribution >= 4 is 11.6 Å². The first-order valence-corrected chi connectivity index (χ1v) is 4.91. The van der Waals surface area contributed by atoms with Gasteiger partial charge in [-0.05, 0) is 25.3 Å². The lowest BCUT2D eigenvalue weighted by Gasteiger charge is -2.07. The number of aromatic nitrogens is 2. The SMILES string of the molecule is O=c1nc(Cl)cc2n1CCCCC2. The fourth-order valence-electron chi connectivity index (χ4n) is 1.72. The second kappa shape index (κ2) is 3.50. The van der Waals surface area contributed by atoms with Crippen LogP contribution in [-0.2, 0) is 13.0 Å². The normalized spacial score (nSPS) is 16.4. The third-order valence-corrected chi connectivity index (χ3v) is 2.57. The van der Waals surface area contributed by atoms with E-state index in [1.165, 1.54) is 6.42 Å². The Bertz CT molecular complexity index is 372. The lowest BCUT2D eigenvalue weighted by Crippen LogP contribution is -2.25. The van der Waals surface area contributed by atoms with E-state index in [-0.39, 0.29) is 5.69 Å². The largest absolute Gasteiger partial charge is 0.349 e. The zero-order chi connectivity index (χ0) is 9.26. The van der Waals surface area contributed by atoms with Gasteiger partial charge in [-0.2, -0.15) is 4.98 Å². The summed E-state index contributed by atoms with van der Waals surface area (Å²) in [5.41, 5.74) is 0.826. The maximum atomic E-state index is 11.4. The van der Waals surface area contributed by atoms with Crippen LogP contribution in [0.15, 0.2) is 10.9 Å². The molecule has 13 heavy (non-hydrogen) atoms. The molecule has 0 unspecified atom stereocenters. The van der Waals surface area contributed by atoms with Gasteiger partial charge < -0.3 is 0 Å². The summed E-state index contributed by atoms with van der Waals surface area (Å²) in [5, 5.41) is 0.318. The summed E-state index contributed by atoms with van der Waals surface area (Å²) >= 11 is 5.71. The standard InChI is InChI=1S/C9H11ClN2O/c10-8-6-7-4-2-1-3-5-12(7)9(13)11-8/h6H,1-5H2. The summed E-state index contributed by atoms with van der Waals surface area (Å²) in [6.07, 6.45) is 4.33. The zero-order valence-corrected chi connectivity index (χ0v) is 8.05. The van der Waals surface area contributed by atoms with Gasteiger partial charge in [0.15, 0.2) is 0 Å². The minimum Gasteiger partial charge on any atom is -0.296 e. The number of hydrogen-bond acceptors (Lipinski definition) is 2. The van der Waals surface area contributed by atoms with Crippen molar-refractivity contribution in [2.24, 2.45) is 0 Å². The third-order valence-electron chi connectivity index (χ3n) is 2.38. The van der Waals surface area contributed by atoms with Crippen LogP contribution >= 0.6 is 11.6 Å². The van der Waals surface area contributed by atoms with E-state index in [2.05, 4.69) is 4.98 Å². The molecule has 0 saturated carbocycles. The highest BCUT2D eigenvalue weighted by Crippen LogP contribution is 2.14. The molecule has 70 valence electrons. The van der Waals surface area contributed by atoms with Gasteiger partial charge in [-0.3, -0.25) is 4.57 Å². The first-order chi connectivity index (χ1) is 6.27. The van der Waals surface area contributed by atoms with Crippen molar-refractivity contribution in [1.82, 2.24) is 9.55 Å². The molecule has 0 N–H and O–H groups in total. The Labute approximate surface area is 81.4 Å². The zero-order valence-electron chi connectivity index (χ0n) is 7.29. The predicted molar refractivity (Wildman–Crippen MR) is 51.1 cm³/mol. The topological polar surface area (TPSA) is 34.9 Å².